The van der Waals surface area contributed by atoms with Gasteiger partial charge in [0.05, 0.1) is 0 Å². The van der Waals surface area contributed by atoms with Gasteiger partial charge in [0.25, 0.3) is 0 Å². The van der Waals surface area contributed by atoms with Crippen LogP contribution in [0.5, 0.6) is 5.75 Å². The number of amides is 1. The molecule has 6 nitrogen and oxygen atoms in total. The quantitative estimate of drug-likeness (QED) is 0.832. The molecule has 3 rings (SSSR count). The van der Waals surface area contributed by atoms with Crippen LogP contribution in [-0.2, 0) is 18.3 Å². The highest BCUT2D eigenvalue weighted by molar-refractivity contribution is 6.30. The Morgan fingerprint density at radius 2 is 2.00 bits per heavy atom. The Kier molecular flexibility index (Phi) is 5.35. The molecule has 1 aromatic carbocycles. The van der Waals surface area contributed by atoms with E-state index in [9.17, 15) is 4.79 Å². The minimum Gasteiger partial charge on any atom is -0.490 e. The van der Waals surface area contributed by atoms with E-state index < -0.39 is 0 Å². The number of hydrogen-bond donors (Lipinski definition) is 0. The molecule has 1 fully saturated rings. The zero-order valence-electron chi connectivity index (χ0n) is 13.7. The van der Waals surface area contributed by atoms with Crippen LogP contribution < -0.4 is 4.74 Å². The minimum absolute atomic E-state index is 0.147. The third-order valence-corrected chi connectivity index (χ3v) is 4.53. The topological polar surface area (TPSA) is 60.2 Å². The first-order valence-corrected chi connectivity index (χ1v) is 8.52. The molecule has 1 aromatic heterocycles. The number of benzene rings is 1. The molecular weight excluding hydrogens is 328 g/mol. The van der Waals surface area contributed by atoms with Gasteiger partial charge in [-0.1, -0.05) is 11.6 Å². The second-order valence-electron chi connectivity index (χ2n) is 6.01. The zero-order chi connectivity index (χ0) is 16.9. The fraction of sp³-hybridized carbons (Fsp3) is 0.471. The van der Waals surface area contributed by atoms with Crippen molar-refractivity contribution in [1.29, 1.82) is 0 Å². The molecule has 0 aliphatic carbocycles. The normalized spacial score (nSPS) is 15.5. The van der Waals surface area contributed by atoms with Crippen molar-refractivity contribution >= 4 is 17.5 Å². The van der Waals surface area contributed by atoms with Crippen molar-refractivity contribution in [2.45, 2.75) is 31.8 Å². The summed E-state index contributed by atoms with van der Waals surface area (Å²) in [7, 11) is 1.89. The molecule has 1 amide bonds. The van der Waals surface area contributed by atoms with Crippen LogP contribution in [-0.4, -0.2) is 44.8 Å². The number of nitrogens with zero attached hydrogens (tertiary/aromatic N) is 4. The molecule has 0 saturated carbocycles. The van der Waals surface area contributed by atoms with Crippen LogP contribution in [0.1, 0.15) is 25.1 Å². The van der Waals surface area contributed by atoms with Crippen LogP contribution in [0.15, 0.2) is 30.6 Å². The van der Waals surface area contributed by atoms with Gasteiger partial charge in [-0.3, -0.25) is 4.79 Å². The summed E-state index contributed by atoms with van der Waals surface area (Å²) in [6.07, 6.45) is 4.58. The summed E-state index contributed by atoms with van der Waals surface area (Å²) in [6.45, 7) is 1.46. The SMILES string of the molecule is Cn1cnnc1CCC(=O)N1CCC(Oc2ccc(Cl)cc2)CC1. The number of aromatic nitrogens is 3. The van der Waals surface area contributed by atoms with E-state index >= 15 is 0 Å². The monoisotopic (exact) mass is 348 g/mol. The average molecular weight is 349 g/mol. The van der Waals surface area contributed by atoms with Crippen molar-refractivity contribution in [3.63, 3.8) is 0 Å². The molecule has 0 unspecified atom stereocenters. The van der Waals surface area contributed by atoms with Crippen LogP contribution in [0.3, 0.4) is 0 Å². The van der Waals surface area contributed by atoms with Gasteiger partial charge in [0.2, 0.25) is 5.91 Å². The van der Waals surface area contributed by atoms with Crippen molar-refractivity contribution in [2.24, 2.45) is 7.05 Å². The van der Waals surface area contributed by atoms with Crippen LogP contribution >= 0.6 is 11.6 Å². The summed E-state index contributed by atoms with van der Waals surface area (Å²) in [5.41, 5.74) is 0. The molecular formula is C17H21ClN4O2. The standard InChI is InChI=1S/C17H21ClN4O2/c1-21-12-19-20-16(21)6-7-17(23)22-10-8-15(9-11-22)24-14-4-2-13(18)3-5-14/h2-5,12,15H,6-11H2,1H3. The lowest BCUT2D eigenvalue weighted by Crippen LogP contribution is -2.41. The molecule has 1 aliphatic heterocycles. The maximum absolute atomic E-state index is 12.3. The van der Waals surface area contributed by atoms with E-state index in [-0.39, 0.29) is 12.0 Å². The molecule has 128 valence electrons. The summed E-state index contributed by atoms with van der Waals surface area (Å²) >= 11 is 5.88. The Morgan fingerprint density at radius 1 is 1.29 bits per heavy atom. The highest BCUT2D eigenvalue weighted by Gasteiger charge is 2.24. The first-order chi connectivity index (χ1) is 11.6. The van der Waals surface area contributed by atoms with Crippen LogP contribution in [0.4, 0.5) is 0 Å². The lowest BCUT2D eigenvalue weighted by atomic mass is 10.1. The number of piperidine rings is 1. The highest BCUT2D eigenvalue weighted by Crippen LogP contribution is 2.21. The molecule has 0 atom stereocenters. The Hall–Kier alpha value is -2.08. The molecule has 1 aliphatic rings. The number of carbonyl (C=O) groups is 1. The van der Waals surface area contributed by atoms with Gasteiger partial charge in [0.15, 0.2) is 0 Å². The number of hydrogen-bond acceptors (Lipinski definition) is 4. The third-order valence-electron chi connectivity index (χ3n) is 4.28. The number of rotatable bonds is 5. The van der Waals surface area contributed by atoms with E-state index in [1.165, 1.54) is 0 Å². The van der Waals surface area contributed by atoms with Crippen molar-refractivity contribution in [3.8, 4) is 5.75 Å². The first-order valence-electron chi connectivity index (χ1n) is 8.14. The number of likely N-dealkylation sites (tertiary alicyclic amines) is 1. The van der Waals surface area contributed by atoms with E-state index in [1.807, 2.05) is 40.8 Å². The van der Waals surface area contributed by atoms with Gasteiger partial charge in [0, 0.05) is 50.8 Å². The Morgan fingerprint density at radius 3 is 2.62 bits per heavy atom. The summed E-state index contributed by atoms with van der Waals surface area (Å²) < 4.78 is 7.80. The van der Waals surface area contributed by atoms with E-state index in [4.69, 9.17) is 16.3 Å². The lowest BCUT2D eigenvalue weighted by Gasteiger charge is -2.32. The Bertz CT molecular complexity index is 678. The highest BCUT2D eigenvalue weighted by atomic mass is 35.5. The molecule has 24 heavy (non-hydrogen) atoms. The maximum atomic E-state index is 12.3. The predicted octanol–water partition coefficient (Wildman–Crippen LogP) is 2.47. The van der Waals surface area contributed by atoms with Crippen LogP contribution in [0.25, 0.3) is 0 Å². The number of carbonyl (C=O) groups excluding carboxylic acids is 1. The van der Waals surface area contributed by atoms with Gasteiger partial charge in [-0.2, -0.15) is 0 Å². The van der Waals surface area contributed by atoms with Crippen molar-refractivity contribution < 1.29 is 9.53 Å². The Balaban J connectivity index is 1.43. The third kappa shape index (κ3) is 4.26. The van der Waals surface area contributed by atoms with Gasteiger partial charge in [-0.05, 0) is 24.3 Å². The molecule has 2 aromatic rings. The molecule has 0 bridgehead atoms. The Labute approximate surface area is 146 Å². The molecule has 0 radical (unpaired) electrons. The van der Waals surface area contributed by atoms with Crippen molar-refractivity contribution in [3.05, 3.63) is 41.4 Å². The zero-order valence-corrected chi connectivity index (χ0v) is 14.4. The largest absolute Gasteiger partial charge is 0.490 e. The van der Waals surface area contributed by atoms with E-state index in [0.29, 0.717) is 17.9 Å². The van der Waals surface area contributed by atoms with Gasteiger partial charge < -0.3 is 14.2 Å². The predicted molar refractivity (Wildman–Crippen MR) is 91.0 cm³/mol. The fourth-order valence-corrected chi connectivity index (χ4v) is 2.96. The summed E-state index contributed by atoms with van der Waals surface area (Å²) in [6, 6.07) is 7.39. The number of aryl methyl sites for hydroxylation is 2. The molecule has 1 saturated heterocycles. The lowest BCUT2D eigenvalue weighted by molar-refractivity contribution is -0.133. The molecule has 7 heteroatoms. The second-order valence-corrected chi connectivity index (χ2v) is 6.45. The number of ether oxygens (including phenoxy) is 1. The van der Waals surface area contributed by atoms with Gasteiger partial charge in [-0.15, -0.1) is 10.2 Å². The average Bonchev–Trinajstić information content (AvgIpc) is 3.00. The maximum Gasteiger partial charge on any atom is 0.223 e. The van der Waals surface area contributed by atoms with Crippen molar-refractivity contribution in [2.75, 3.05) is 13.1 Å². The summed E-state index contributed by atoms with van der Waals surface area (Å²) in [4.78, 5) is 14.2. The van der Waals surface area contributed by atoms with Gasteiger partial charge in [0.1, 0.15) is 24.0 Å². The van der Waals surface area contributed by atoms with E-state index in [0.717, 1.165) is 37.5 Å². The molecule has 0 N–H and O–H groups in total. The van der Waals surface area contributed by atoms with Gasteiger partial charge >= 0.3 is 0 Å². The first kappa shape index (κ1) is 16.8. The van der Waals surface area contributed by atoms with Crippen molar-refractivity contribution in [1.82, 2.24) is 19.7 Å². The number of halogens is 1. The minimum atomic E-state index is 0.147. The van der Waals surface area contributed by atoms with Crippen LogP contribution in [0.2, 0.25) is 5.02 Å². The summed E-state index contributed by atoms with van der Waals surface area (Å²) in [5, 5.41) is 8.54. The molecule has 2 heterocycles. The van der Waals surface area contributed by atoms with Gasteiger partial charge in [-0.25, -0.2) is 0 Å². The second kappa shape index (κ2) is 7.66. The fourth-order valence-electron chi connectivity index (χ4n) is 2.84. The molecule has 0 spiro atoms. The smallest absolute Gasteiger partial charge is 0.223 e. The van der Waals surface area contributed by atoms with E-state index in [1.54, 1.807) is 6.33 Å². The van der Waals surface area contributed by atoms with Crippen LogP contribution in [0, 0.1) is 0 Å². The van der Waals surface area contributed by atoms with E-state index in [2.05, 4.69) is 10.2 Å². The summed E-state index contributed by atoms with van der Waals surface area (Å²) in [5.74, 6) is 1.83.